The zero-order valence-electron chi connectivity index (χ0n) is 10.6. The average molecular weight is 286 g/mol. The molecule has 20 heavy (non-hydrogen) atoms. The number of aromatic nitrogens is 2. The number of halogens is 1. The van der Waals surface area contributed by atoms with E-state index in [1.54, 1.807) is 18.3 Å². The molecule has 0 bridgehead atoms. The van der Waals surface area contributed by atoms with Gasteiger partial charge in [0.25, 0.3) is 5.91 Å². The van der Waals surface area contributed by atoms with E-state index in [4.69, 9.17) is 11.6 Å². The van der Waals surface area contributed by atoms with Crippen LogP contribution in [0, 0.1) is 0 Å². The van der Waals surface area contributed by atoms with Crippen LogP contribution in [0.5, 0.6) is 0 Å². The fourth-order valence-electron chi connectivity index (χ4n) is 2.02. The van der Waals surface area contributed by atoms with Crippen molar-refractivity contribution in [2.45, 2.75) is 5.88 Å². The minimum atomic E-state index is -0.153. The fraction of sp³-hybridized carbons (Fsp3) is 0.0667. The van der Waals surface area contributed by atoms with E-state index in [0.717, 1.165) is 22.2 Å². The summed E-state index contributed by atoms with van der Waals surface area (Å²) in [6, 6.07) is 12.9. The van der Waals surface area contributed by atoms with Gasteiger partial charge in [0.1, 0.15) is 0 Å². The van der Waals surface area contributed by atoms with Crippen molar-refractivity contribution in [2.24, 2.45) is 0 Å². The quantitative estimate of drug-likeness (QED) is 0.723. The molecule has 2 aromatic carbocycles. The Balaban J connectivity index is 1.83. The van der Waals surface area contributed by atoms with Crippen LogP contribution in [0.2, 0.25) is 0 Å². The maximum Gasteiger partial charge on any atom is 0.255 e. The molecule has 4 nitrogen and oxygen atoms in total. The first-order valence-electron chi connectivity index (χ1n) is 6.15. The molecule has 5 heteroatoms. The van der Waals surface area contributed by atoms with Gasteiger partial charge in [-0.3, -0.25) is 9.89 Å². The number of benzene rings is 2. The maximum atomic E-state index is 12.2. The minimum absolute atomic E-state index is 0.153. The van der Waals surface area contributed by atoms with Crippen molar-refractivity contribution in [2.75, 3.05) is 5.32 Å². The van der Waals surface area contributed by atoms with Crippen molar-refractivity contribution in [3.8, 4) is 0 Å². The lowest BCUT2D eigenvalue weighted by Crippen LogP contribution is -2.11. The van der Waals surface area contributed by atoms with Crippen LogP contribution in [-0.4, -0.2) is 16.1 Å². The summed E-state index contributed by atoms with van der Waals surface area (Å²) in [6.07, 6.45) is 1.72. The van der Waals surface area contributed by atoms with Gasteiger partial charge in [-0.25, -0.2) is 0 Å². The van der Waals surface area contributed by atoms with E-state index >= 15 is 0 Å². The Morgan fingerprint density at radius 3 is 3.00 bits per heavy atom. The van der Waals surface area contributed by atoms with Gasteiger partial charge in [-0.2, -0.15) is 5.10 Å². The third-order valence-electron chi connectivity index (χ3n) is 3.04. The first kappa shape index (κ1) is 12.7. The molecule has 0 fully saturated rings. The second-order valence-electron chi connectivity index (χ2n) is 4.46. The van der Waals surface area contributed by atoms with Crippen LogP contribution in [0.15, 0.2) is 48.7 Å². The summed E-state index contributed by atoms with van der Waals surface area (Å²) in [6.45, 7) is 0. The highest BCUT2D eigenvalue weighted by Crippen LogP contribution is 2.18. The number of aromatic amines is 1. The summed E-state index contributed by atoms with van der Waals surface area (Å²) < 4.78 is 0. The Morgan fingerprint density at radius 2 is 2.15 bits per heavy atom. The molecule has 0 aliphatic rings. The topological polar surface area (TPSA) is 57.8 Å². The van der Waals surface area contributed by atoms with Gasteiger partial charge >= 0.3 is 0 Å². The van der Waals surface area contributed by atoms with Crippen molar-refractivity contribution in [1.82, 2.24) is 10.2 Å². The van der Waals surface area contributed by atoms with Gasteiger partial charge in [0.05, 0.1) is 11.7 Å². The first-order chi connectivity index (χ1) is 9.76. The Hall–Kier alpha value is -2.33. The third kappa shape index (κ3) is 2.51. The van der Waals surface area contributed by atoms with Crippen molar-refractivity contribution in [3.05, 3.63) is 59.8 Å². The van der Waals surface area contributed by atoms with Crippen LogP contribution in [-0.2, 0) is 5.88 Å². The van der Waals surface area contributed by atoms with Gasteiger partial charge in [-0.1, -0.05) is 12.1 Å². The molecule has 3 rings (SSSR count). The third-order valence-corrected chi connectivity index (χ3v) is 3.35. The molecule has 1 aromatic heterocycles. The van der Waals surface area contributed by atoms with Gasteiger partial charge in [0.15, 0.2) is 0 Å². The number of fused-ring (bicyclic) bond motifs is 1. The molecule has 0 saturated heterocycles. The normalized spacial score (nSPS) is 10.7. The second-order valence-corrected chi connectivity index (χ2v) is 4.73. The number of rotatable bonds is 3. The van der Waals surface area contributed by atoms with Crippen molar-refractivity contribution in [1.29, 1.82) is 0 Å². The first-order valence-corrected chi connectivity index (χ1v) is 6.69. The molecule has 0 unspecified atom stereocenters. The molecule has 2 N–H and O–H groups in total. The molecule has 100 valence electrons. The number of carbonyl (C=O) groups excluding carboxylic acids is 1. The summed E-state index contributed by atoms with van der Waals surface area (Å²) >= 11 is 5.77. The lowest BCUT2D eigenvalue weighted by molar-refractivity contribution is 0.102. The van der Waals surface area contributed by atoms with Crippen molar-refractivity contribution < 1.29 is 4.79 Å². The van der Waals surface area contributed by atoms with Crippen LogP contribution in [0.1, 0.15) is 15.9 Å². The molecule has 0 saturated carbocycles. The van der Waals surface area contributed by atoms with Gasteiger partial charge in [-0.05, 0) is 35.9 Å². The number of anilines is 1. The lowest BCUT2D eigenvalue weighted by Gasteiger charge is -2.06. The van der Waals surface area contributed by atoms with E-state index in [0.29, 0.717) is 11.4 Å². The number of nitrogens with one attached hydrogen (secondary N) is 2. The highest BCUT2D eigenvalue weighted by atomic mass is 35.5. The molecule has 0 aliphatic heterocycles. The van der Waals surface area contributed by atoms with E-state index in [1.165, 1.54) is 0 Å². The fourth-order valence-corrected chi connectivity index (χ4v) is 2.19. The Bertz CT molecular complexity index is 766. The number of nitrogens with zero attached hydrogens (tertiary/aromatic N) is 1. The van der Waals surface area contributed by atoms with Crippen LogP contribution >= 0.6 is 11.6 Å². The van der Waals surface area contributed by atoms with Gasteiger partial charge < -0.3 is 5.32 Å². The number of amides is 1. The van der Waals surface area contributed by atoms with Crippen LogP contribution in [0.4, 0.5) is 5.69 Å². The van der Waals surface area contributed by atoms with E-state index in [1.807, 2.05) is 30.3 Å². The molecule has 3 aromatic rings. The van der Waals surface area contributed by atoms with Gasteiger partial charge in [0, 0.05) is 22.5 Å². The molecular weight excluding hydrogens is 274 g/mol. The molecule has 0 radical (unpaired) electrons. The molecule has 0 aliphatic carbocycles. The Morgan fingerprint density at radius 1 is 1.25 bits per heavy atom. The molecular formula is C15H12ClN3O. The van der Waals surface area contributed by atoms with Crippen LogP contribution < -0.4 is 5.32 Å². The SMILES string of the molecule is O=C(Nc1ccc2[nH]ncc2c1)c1cccc(CCl)c1. The number of hydrogen-bond donors (Lipinski definition) is 2. The van der Waals surface area contributed by atoms with E-state index in [-0.39, 0.29) is 5.91 Å². The Kier molecular flexibility index (Phi) is 3.39. The standard InChI is InChI=1S/C15H12ClN3O/c16-8-10-2-1-3-11(6-10)15(20)18-13-4-5-14-12(7-13)9-17-19-14/h1-7,9H,8H2,(H,17,19)(H,18,20). The number of H-pyrrole nitrogens is 1. The second kappa shape index (κ2) is 5.35. The maximum absolute atomic E-state index is 12.2. The van der Waals surface area contributed by atoms with Crippen molar-refractivity contribution in [3.63, 3.8) is 0 Å². The highest BCUT2D eigenvalue weighted by molar-refractivity contribution is 6.17. The van der Waals surface area contributed by atoms with Gasteiger partial charge in [0.2, 0.25) is 0 Å². The van der Waals surface area contributed by atoms with E-state index in [2.05, 4.69) is 15.5 Å². The molecule has 0 atom stereocenters. The van der Waals surface area contributed by atoms with Crippen molar-refractivity contribution >= 4 is 34.1 Å². The molecule has 1 heterocycles. The van der Waals surface area contributed by atoms with E-state index in [9.17, 15) is 4.79 Å². The largest absolute Gasteiger partial charge is 0.322 e. The summed E-state index contributed by atoms with van der Waals surface area (Å²) in [5.41, 5.74) is 3.19. The number of carbonyl (C=O) groups is 1. The number of alkyl halides is 1. The predicted molar refractivity (Wildman–Crippen MR) is 80.0 cm³/mol. The van der Waals surface area contributed by atoms with Crippen LogP contribution in [0.25, 0.3) is 10.9 Å². The van der Waals surface area contributed by atoms with Gasteiger partial charge in [-0.15, -0.1) is 11.6 Å². The van der Waals surface area contributed by atoms with Crippen LogP contribution in [0.3, 0.4) is 0 Å². The monoisotopic (exact) mass is 285 g/mol. The average Bonchev–Trinajstić information content (AvgIpc) is 2.95. The zero-order valence-corrected chi connectivity index (χ0v) is 11.3. The summed E-state index contributed by atoms with van der Waals surface area (Å²) in [5.74, 6) is 0.238. The minimum Gasteiger partial charge on any atom is -0.322 e. The lowest BCUT2D eigenvalue weighted by atomic mass is 10.1. The van der Waals surface area contributed by atoms with E-state index < -0.39 is 0 Å². The smallest absolute Gasteiger partial charge is 0.255 e. The highest BCUT2D eigenvalue weighted by Gasteiger charge is 2.07. The Labute approximate surface area is 120 Å². The summed E-state index contributed by atoms with van der Waals surface area (Å²) in [5, 5.41) is 10.6. The molecule has 1 amide bonds. The predicted octanol–water partition coefficient (Wildman–Crippen LogP) is 3.55. The zero-order chi connectivity index (χ0) is 13.9. The molecule has 0 spiro atoms. The summed E-state index contributed by atoms with van der Waals surface area (Å²) in [4.78, 5) is 12.2. The summed E-state index contributed by atoms with van der Waals surface area (Å²) in [7, 11) is 0. The number of hydrogen-bond acceptors (Lipinski definition) is 2.